The first kappa shape index (κ1) is 21.2. The van der Waals surface area contributed by atoms with Crippen LogP contribution in [0.15, 0.2) is 35.2 Å². The molecule has 124 valence electrons. The van der Waals surface area contributed by atoms with E-state index in [4.69, 9.17) is 0 Å². The Hall–Kier alpha value is 0.181. The Morgan fingerprint density at radius 3 is 2.26 bits per heavy atom. The first-order valence-corrected chi connectivity index (χ1v) is 9.44. The number of hydrogen-bond acceptors (Lipinski definition) is 2. The molecule has 1 N–H and O–H groups in total. The van der Waals surface area contributed by atoms with Crippen molar-refractivity contribution in [3.8, 4) is 0 Å². The van der Waals surface area contributed by atoms with Crippen LogP contribution in [0.5, 0.6) is 0 Å². The number of hydrogen-bond donors (Lipinski definition) is 1. The van der Waals surface area contributed by atoms with E-state index in [1.807, 2.05) is 18.2 Å². The summed E-state index contributed by atoms with van der Waals surface area (Å²) in [6, 6.07) is 9.48. The summed E-state index contributed by atoms with van der Waals surface area (Å²) >= 11 is 0. The van der Waals surface area contributed by atoms with E-state index >= 15 is 0 Å². The van der Waals surface area contributed by atoms with Gasteiger partial charge in [0.15, 0.2) is 0 Å². The molecule has 0 aliphatic carbocycles. The van der Waals surface area contributed by atoms with Crippen LogP contribution in [-0.4, -0.2) is 61.9 Å². The molecular formula is C18H26BaO3S. The number of unbranched alkanes of at least 4 members (excludes halogenated alkanes) is 2. The van der Waals surface area contributed by atoms with Gasteiger partial charge in [-0.05, 0) is 42.2 Å². The third-order valence-electron chi connectivity index (χ3n) is 4.03. The predicted molar refractivity (Wildman–Crippen MR) is 99.0 cm³/mol. The van der Waals surface area contributed by atoms with Crippen LogP contribution in [0, 0.1) is 0 Å². The minimum absolute atomic E-state index is 0. The normalized spacial score (nSPS) is 11.4. The molecule has 0 bridgehead atoms. The number of fused-ring (bicyclic) bond motifs is 1. The topological polar surface area (TPSA) is 54.4 Å². The molecule has 0 aromatic heterocycles. The van der Waals surface area contributed by atoms with Crippen LogP contribution in [0.2, 0.25) is 0 Å². The largest absolute Gasteiger partial charge is 2.00 e. The quantitative estimate of drug-likeness (QED) is 0.486. The molecule has 2 aromatic carbocycles. The smallest absolute Gasteiger partial charge is 1.00 e. The van der Waals surface area contributed by atoms with Gasteiger partial charge >= 0.3 is 48.9 Å². The molecule has 0 radical (unpaired) electrons. The van der Waals surface area contributed by atoms with Gasteiger partial charge in [0.25, 0.3) is 10.1 Å². The van der Waals surface area contributed by atoms with Crippen molar-refractivity contribution >= 4 is 69.8 Å². The average Bonchev–Trinajstić information content (AvgIpc) is 2.48. The Kier molecular flexibility index (Phi) is 8.87. The van der Waals surface area contributed by atoms with Crippen LogP contribution in [0.1, 0.15) is 53.5 Å². The van der Waals surface area contributed by atoms with E-state index in [1.165, 1.54) is 0 Å². The first-order chi connectivity index (χ1) is 10.5. The number of aryl methyl sites for hydroxylation is 1. The standard InChI is InChI=1S/C18H24O3S.Ba.2H/c1-3-5-9-14-13-15-10-7-8-12-17(15)18(22(19,20)21)16(14)11-6-4-2;;;/h7-8,10,12-13H,3-6,9,11H2,1-2H3,(H,19,20,21);;;/q;+2;2*-1. The van der Waals surface area contributed by atoms with Gasteiger partial charge in [-0.15, -0.1) is 0 Å². The molecule has 0 spiro atoms. The average molecular weight is 460 g/mol. The molecule has 3 nitrogen and oxygen atoms in total. The molecule has 2 aromatic rings. The Balaban J connectivity index is 0. The summed E-state index contributed by atoms with van der Waals surface area (Å²) in [7, 11) is -4.24. The van der Waals surface area contributed by atoms with Crippen molar-refractivity contribution in [1.29, 1.82) is 0 Å². The van der Waals surface area contributed by atoms with Crippen molar-refractivity contribution in [3.63, 3.8) is 0 Å². The molecule has 0 amide bonds. The fraction of sp³-hybridized carbons (Fsp3) is 0.444. The zero-order valence-corrected chi connectivity index (χ0v) is 19.3. The van der Waals surface area contributed by atoms with Crippen molar-refractivity contribution in [3.05, 3.63) is 41.5 Å². The molecular weight excluding hydrogens is 434 g/mol. The molecule has 0 atom stereocenters. The van der Waals surface area contributed by atoms with Crippen LogP contribution in [0.3, 0.4) is 0 Å². The van der Waals surface area contributed by atoms with E-state index < -0.39 is 10.1 Å². The van der Waals surface area contributed by atoms with Gasteiger partial charge in [-0.3, -0.25) is 4.55 Å². The Morgan fingerprint density at radius 1 is 1.04 bits per heavy atom. The molecule has 0 saturated carbocycles. The van der Waals surface area contributed by atoms with E-state index in [2.05, 4.69) is 19.9 Å². The summed E-state index contributed by atoms with van der Waals surface area (Å²) in [5.41, 5.74) is 1.86. The molecule has 0 saturated heterocycles. The molecule has 0 heterocycles. The van der Waals surface area contributed by atoms with Gasteiger partial charge in [-0.1, -0.05) is 57.0 Å². The molecule has 0 aliphatic heterocycles. The minimum Gasteiger partial charge on any atom is -1.00 e. The minimum atomic E-state index is -4.24. The molecule has 5 heteroatoms. The van der Waals surface area contributed by atoms with Gasteiger partial charge in [-0.2, -0.15) is 8.42 Å². The van der Waals surface area contributed by atoms with Gasteiger partial charge in [0.1, 0.15) is 4.90 Å². The summed E-state index contributed by atoms with van der Waals surface area (Å²) in [4.78, 5) is 0.116. The second kappa shape index (κ2) is 9.61. The molecule has 0 aliphatic rings. The van der Waals surface area contributed by atoms with Crippen LogP contribution >= 0.6 is 0 Å². The summed E-state index contributed by atoms with van der Waals surface area (Å²) in [6.07, 6.45) is 5.52. The Labute approximate surface area is 182 Å². The third-order valence-corrected chi connectivity index (χ3v) is 5.02. The maximum Gasteiger partial charge on any atom is 2.00 e. The van der Waals surface area contributed by atoms with Crippen molar-refractivity contribution < 1.29 is 15.8 Å². The maximum atomic E-state index is 12.0. The Morgan fingerprint density at radius 2 is 1.65 bits per heavy atom. The monoisotopic (exact) mass is 460 g/mol. The molecule has 0 fully saturated rings. The number of rotatable bonds is 7. The van der Waals surface area contributed by atoms with E-state index in [-0.39, 0.29) is 56.6 Å². The van der Waals surface area contributed by atoms with Gasteiger partial charge in [0.2, 0.25) is 0 Å². The summed E-state index contributed by atoms with van der Waals surface area (Å²) < 4.78 is 33.8. The Bertz CT molecular complexity index is 764. The number of benzene rings is 2. The molecule has 0 unspecified atom stereocenters. The van der Waals surface area contributed by atoms with Gasteiger partial charge in [0.05, 0.1) is 0 Å². The zero-order valence-electron chi connectivity index (χ0n) is 16.0. The van der Waals surface area contributed by atoms with Crippen molar-refractivity contribution in [2.24, 2.45) is 0 Å². The van der Waals surface area contributed by atoms with E-state index in [0.717, 1.165) is 48.6 Å². The summed E-state index contributed by atoms with van der Waals surface area (Å²) in [5, 5.41) is 1.50. The zero-order chi connectivity index (χ0) is 16.2. The predicted octanol–water partition coefficient (Wildman–Crippen LogP) is 4.62. The van der Waals surface area contributed by atoms with Gasteiger partial charge < -0.3 is 2.85 Å². The fourth-order valence-electron chi connectivity index (χ4n) is 2.93. The van der Waals surface area contributed by atoms with E-state index in [0.29, 0.717) is 11.8 Å². The summed E-state index contributed by atoms with van der Waals surface area (Å²) in [5.74, 6) is 0. The van der Waals surface area contributed by atoms with E-state index in [9.17, 15) is 13.0 Å². The second-order valence-corrected chi connectivity index (χ2v) is 7.11. The first-order valence-electron chi connectivity index (χ1n) is 8.00. The van der Waals surface area contributed by atoms with Crippen molar-refractivity contribution in [2.45, 2.75) is 57.3 Å². The second-order valence-electron chi connectivity index (χ2n) is 5.75. The van der Waals surface area contributed by atoms with Gasteiger partial charge in [0, 0.05) is 5.39 Å². The fourth-order valence-corrected chi connectivity index (χ4v) is 3.93. The third kappa shape index (κ3) is 5.33. The molecule has 2 rings (SSSR count). The molecule has 23 heavy (non-hydrogen) atoms. The summed E-state index contributed by atoms with van der Waals surface area (Å²) in [6.45, 7) is 4.20. The van der Waals surface area contributed by atoms with Crippen LogP contribution in [0.4, 0.5) is 0 Å². The van der Waals surface area contributed by atoms with Crippen molar-refractivity contribution in [1.82, 2.24) is 0 Å². The van der Waals surface area contributed by atoms with Gasteiger partial charge in [-0.25, -0.2) is 0 Å². The van der Waals surface area contributed by atoms with Crippen LogP contribution < -0.4 is 0 Å². The maximum absolute atomic E-state index is 12.0. The SMILES string of the molecule is CCCCc1cc2ccccc2c(S(=O)(=O)O)c1CCCC.[Ba+2].[H-].[H-]. The van der Waals surface area contributed by atoms with Crippen LogP contribution in [-0.2, 0) is 23.0 Å². The van der Waals surface area contributed by atoms with Crippen LogP contribution in [0.25, 0.3) is 10.8 Å². The van der Waals surface area contributed by atoms with Crippen molar-refractivity contribution in [2.75, 3.05) is 0 Å². The van der Waals surface area contributed by atoms with E-state index in [1.54, 1.807) is 6.07 Å².